The van der Waals surface area contributed by atoms with Crippen LogP contribution in [0, 0.1) is 0 Å². The molecule has 0 saturated carbocycles. The molecular weight excluding hydrogens is 504 g/mol. The Morgan fingerprint density at radius 1 is 0.350 bits per heavy atom. The summed E-state index contributed by atoms with van der Waals surface area (Å²) in [6, 6.07) is 49.5. The molecular formula is C38H24OS. The summed E-state index contributed by atoms with van der Waals surface area (Å²) in [6.07, 6.45) is 0. The molecule has 0 unspecified atom stereocenters. The van der Waals surface area contributed by atoms with Gasteiger partial charge in [-0.15, -0.1) is 11.3 Å². The highest BCUT2D eigenvalue weighted by atomic mass is 32.1. The van der Waals surface area contributed by atoms with Gasteiger partial charge in [0.05, 0.1) is 0 Å². The van der Waals surface area contributed by atoms with Gasteiger partial charge >= 0.3 is 0 Å². The standard InChI is InChI=1S/C38H24OS/c39-28-18-20-36-34(23-28)33-22-27(17-19-35(33)40-36)38-31-15-6-4-13-29(31)37(30-14-5-7-16-32(30)38)26-12-8-11-25(21-26)24-9-2-1-3-10-24/h1-23,39H. The largest absolute Gasteiger partial charge is 0.508 e. The van der Waals surface area contributed by atoms with Crippen LogP contribution >= 0.6 is 11.3 Å². The van der Waals surface area contributed by atoms with Crippen LogP contribution in [0.4, 0.5) is 0 Å². The molecule has 0 aliphatic heterocycles. The van der Waals surface area contributed by atoms with Gasteiger partial charge in [-0.2, -0.15) is 0 Å². The Morgan fingerprint density at radius 3 is 1.50 bits per heavy atom. The minimum atomic E-state index is 0.301. The van der Waals surface area contributed by atoms with Crippen molar-refractivity contribution in [3.63, 3.8) is 0 Å². The fourth-order valence-electron chi connectivity index (χ4n) is 6.16. The third-order valence-corrected chi connectivity index (χ3v) is 9.08. The lowest BCUT2D eigenvalue weighted by molar-refractivity contribution is 0.476. The molecule has 7 aromatic carbocycles. The van der Waals surface area contributed by atoms with E-state index in [2.05, 4.69) is 121 Å². The van der Waals surface area contributed by atoms with E-state index in [4.69, 9.17) is 0 Å². The van der Waals surface area contributed by atoms with Gasteiger partial charge in [-0.05, 0) is 91.3 Å². The van der Waals surface area contributed by atoms with Gasteiger partial charge in [0.25, 0.3) is 0 Å². The van der Waals surface area contributed by atoms with Crippen molar-refractivity contribution < 1.29 is 5.11 Å². The number of phenols is 1. The number of thiophene rings is 1. The molecule has 1 heterocycles. The van der Waals surface area contributed by atoms with Gasteiger partial charge in [0.2, 0.25) is 0 Å². The zero-order valence-corrected chi connectivity index (χ0v) is 22.5. The molecule has 0 radical (unpaired) electrons. The molecule has 0 aliphatic rings. The van der Waals surface area contributed by atoms with E-state index in [0.29, 0.717) is 5.75 Å². The van der Waals surface area contributed by atoms with Crippen LogP contribution in [0.15, 0.2) is 140 Å². The lowest BCUT2D eigenvalue weighted by Crippen LogP contribution is -1.91. The molecule has 0 bridgehead atoms. The van der Waals surface area contributed by atoms with Crippen LogP contribution < -0.4 is 0 Å². The van der Waals surface area contributed by atoms with Crippen LogP contribution in [-0.4, -0.2) is 5.11 Å². The highest BCUT2D eigenvalue weighted by molar-refractivity contribution is 7.25. The first-order valence-corrected chi connectivity index (χ1v) is 14.3. The summed E-state index contributed by atoms with van der Waals surface area (Å²) in [4.78, 5) is 0. The van der Waals surface area contributed by atoms with Gasteiger partial charge < -0.3 is 5.11 Å². The van der Waals surface area contributed by atoms with E-state index in [1.807, 2.05) is 12.1 Å². The van der Waals surface area contributed by atoms with Crippen molar-refractivity contribution in [2.75, 3.05) is 0 Å². The lowest BCUT2D eigenvalue weighted by atomic mass is 9.85. The molecule has 1 nitrogen and oxygen atoms in total. The second-order valence-corrected chi connectivity index (χ2v) is 11.4. The van der Waals surface area contributed by atoms with Crippen molar-refractivity contribution in [3.05, 3.63) is 140 Å². The molecule has 2 heteroatoms. The maximum Gasteiger partial charge on any atom is 0.116 e. The average molecular weight is 529 g/mol. The minimum Gasteiger partial charge on any atom is -0.508 e. The first kappa shape index (κ1) is 23.0. The first-order chi connectivity index (χ1) is 19.7. The first-order valence-electron chi connectivity index (χ1n) is 13.5. The van der Waals surface area contributed by atoms with E-state index in [0.717, 1.165) is 5.39 Å². The van der Waals surface area contributed by atoms with E-state index in [9.17, 15) is 5.11 Å². The predicted octanol–water partition coefficient (Wildman–Crippen LogP) is 11.1. The number of rotatable bonds is 3. The van der Waals surface area contributed by atoms with E-state index < -0.39 is 0 Å². The van der Waals surface area contributed by atoms with Gasteiger partial charge in [-0.25, -0.2) is 0 Å². The molecule has 0 fully saturated rings. The third-order valence-electron chi connectivity index (χ3n) is 7.93. The summed E-state index contributed by atoms with van der Waals surface area (Å²) >= 11 is 1.77. The van der Waals surface area contributed by atoms with Crippen LogP contribution in [-0.2, 0) is 0 Å². The maximum absolute atomic E-state index is 10.2. The summed E-state index contributed by atoms with van der Waals surface area (Å²) in [5.41, 5.74) is 7.35. The van der Waals surface area contributed by atoms with E-state index in [1.165, 1.54) is 69.7 Å². The summed E-state index contributed by atoms with van der Waals surface area (Å²) in [5, 5.41) is 17.5. The quantitative estimate of drug-likeness (QED) is 0.226. The number of hydrogen-bond donors (Lipinski definition) is 1. The third kappa shape index (κ3) is 3.61. The molecule has 0 aliphatic carbocycles. The number of aromatic hydroxyl groups is 1. The van der Waals surface area contributed by atoms with Crippen molar-refractivity contribution in [1.82, 2.24) is 0 Å². The number of phenolic OH excluding ortho intramolecular Hbond substituents is 1. The van der Waals surface area contributed by atoms with E-state index >= 15 is 0 Å². The summed E-state index contributed by atoms with van der Waals surface area (Å²) in [7, 11) is 0. The Hall–Kier alpha value is -4.92. The van der Waals surface area contributed by atoms with Crippen molar-refractivity contribution in [3.8, 4) is 39.1 Å². The summed E-state index contributed by atoms with van der Waals surface area (Å²) in [5.74, 6) is 0.301. The monoisotopic (exact) mass is 528 g/mol. The van der Waals surface area contributed by atoms with Crippen LogP contribution in [0.25, 0.3) is 75.1 Å². The van der Waals surface area contributed by atoms with Crippen molar-refractivity contribution >= 4 is 53.1 Å². The molecule has 0 saturated heterocycles. The smallest absolute Gasteiger partial charge is 0.116 e. The molecule has 0 atom stereocenters. The number of hydrogen-bond acceptors (Lipinski definition) is 2. The van der Waals surface area contributed by atoms with Crippen LogP contribution in [0.5, 0.6) is 5.75 Å². The van der Waals surface area contributed by atoms with Crippen LogP contribution in [0.2, 0.25) is 0 Å². The van der Waals surface area contributed by atoms with Gasteiger partial charge in [-0.3, -0.25) is 0 Å². The molecule has 0 spiro atoms. The summed E-state index contributed by atoms with van der Waals surface area (Å²) < 4.78 is 2.42. The zero-order valence-electron chi connectivity index (χ0n) is 21.6. The highest BCUT2D eigenvalue weighted by Crippen LogP contribution is 2.45. The minimum absolute atomic E-state index is 0.301. The molecule has 1 N–H and O–H groups in total. The Labute approximate surface area is 236 Å². The topological polar surface area (TPSA) is 20.2 Å². The fourth-order valence-corrected chi connectivity index (χ4v) is 7.22. The van der Waals surface area contributed by atoms with Gasteiger partial charge in [0, 0.05) is 20.2 Å². The normalized spacial score (nSPS) is 11.6. The molecule has 188 valence electrons. The second-order valence-electron chi connectivity index (χ2n) is 10.3. The van der Waals surface area contributed by atoms with Crippen molar-refractivity contribution in [1.29, 1.82) is 0 Å². The maximum atomic E-state index is 10.2. The second kappa shape index (κ2) is 9.08. The number of fused-ring (bicyclic) bond motifs is 5. The zero-order chi connectivity index (χ0) is 26.6. The van der Waals surface area contributed by atoms with Gasteiger partial charge in [0.1, 0.15) is 5.75 Å². The van der Waals surface area contributed by atoms with Gasteiger partial charge in [0.15, 0.2) is 0 Å². The van der Waals surface area contributed by atoms with Crippen molar-refractivity contribution in [2.24, 2.45) is 0 Å². The van der Waals surface area contributed by atoms with Crippen molar-refractivity contribution in [2.45, 2.75) is 0 Å². The fraction of sp³-hybridized carbons (Fsp3) is 0. The number of benzene rings is 7. The molecule has 8 aromatic rings. The average Bonchev–Trinajstić information content (AvgIpc) is 3.37. The molecule has 8 rings (SSSR count). The molecule has 1 aromatic heterocycles. The summed E-state index contributed by atoms with van der Waals surface area (Å²) in [6.45, 7) is 0. The Morgan fingerprint density at radius 2 is 0.850 bits per heavy atom. The van der Waals surface area contributed by atoms with E-state index in [-0.39, 0.29) is 0 Å². The molecule has 0 amide bonds. The molecule has 40 heavy (non-hydrogen) atoms. The highest BCUT2D eigenvalue weighted by Gasteiger charge is 2.18. The lowest BCUT2D eigenvalue weighted by Gasteiger charge is -2.18. The van der Waals surface area contributed by atoms with Crippen LogP contribution in [0.3, 0.4) is 0 Å². The Balaban J connectivity index is 1.43. The Bertz CT molecular complexity index is 2170. The Kier molecular flexibility index (Phi) is 5.22. The van der Waals surface area contributed by atoms with Crippen LogP contribution in [0.1, 0.15) is 0 Å². The van der Waals surface area contributed by atoms with Gasteiger partial charge in [-0.1, -0.05) is 103 Å². The predicted molar refractivity (Wildman–Crippen MR) is 172 cm³/mol. The SMILES string of the molecule is Oc1ccc2sc3ccc(-c4c5ccccc5c(-c5cccc(-c6ccccc6)c5)c5ccccc45)cc3c2c1. The van der Waals surface area contributed by atoms with E-state index in [1.54, 1.807) is 17.4 Å².